The van der Waals surface area contributed by atoms with Crippen molar-refractivity contribution in [2.45, 2.75) is 39.0 Å². The smallest absolute Gasteiger partial charge is 0.341 e. The lowest BCUT2D eigenvalue weighted by molar-refractivity contribution is -0.384. The molecule has 0 saturated carbocycles. The minimum atomic E-state index is -4.19. The van der Waals surface area contributed by atoms with Gasteiger partial charge in [-0.2, -0.15) is 4.99 Å². The van der Waals surface area contributed by atoms with E-state index in [4.69, 9.17) is 4.74 Å². The summed E-state index contributed by atoms with van der Waals surface area (Å²) in [4.78, 5) is 53.4. The standard InChI is InChI=1S/C24H26N4O8S3/c1-3-36-23(31)21-15-7-5-4-6-8-17(15)37-22(21)25-19(29)12-39(34,35)13-20(30)26-24-27(2)16-10-9-14(28(32)33)11-18(16)38-24/h9-11H,3-8,12-13H2,1-2H3,(H,25,29). The lowest BCUT2D eigenvalue weighted by Crippen LogP contribution is -2.28. The molecule has 4 rings (SSSR count). The number of hydrogen-bond acceptors (Lipinski definition) is 10. The molecule has 0 unspecified atom stereocenters. The van der Waals surface area contributed by atoms with Crippen LogP contribution in [0.1, 0.15) is 47.0 Å². The number of aryl methyl sites for hydroxylation is 2. The zero-order valence-electron chi connectivity index (χ0n) is 21.2. The van der Waals surface area contributed by atoms with Crippen LogP contribution in [0, 0.1) is 10.1 Å². The first-order chi connectivity index (χ1) is 18.5. The van der Waals surface area contributed by atoms with Gasteiger partial charge >= 0.3 is 5.97 Å². The molecular formula is C24H26N4O8S3. The largest absolute Gasteiger partial charge is 0.462 e. The van der Waals surface area contributed by atoms with Gasteiger partial charge in [-0.3, -0.25) is 19.7 Å². The van der Waals surface area contributed by atoms with Crippen molar-refractivity contribution < 1.29 is 32.5 Å². The molecule has 39 heavy (non-hydrogen) atoms. The van der Waals surface area contributed by atoms with Crippen LogP contribution in [0.25, 0.3) is 10.2 Å². The van der Waals surface area contributed by atoms with Gasteiger partial charge in [0.25, 0.3) is 11.6 Å². The summed E-state index contributed by atoms with van der Waals surface area (Å²) >= 11 is 2.25. The molecule has 2 aromatic heterocycles. The molecule has 3 aromatic rings. The molecule has 12 nitrogen and oxygen atoms in total. The highest BCUT2D eigenvalue weighted by Gasteiger charge is 2.28. The quantitative estimate of drug-likeness (QED) is 0.180. The van der Waals surface area contributed by atoms with Crippen molar-refractivity contribution in [3.05, 3.63) is 49.1 Å². The third-order valence-electron chi connectivity index (χ3n) is 6.07. The molecule has 0 saturated heterocycles. The second kappa shape index (κ2) is 11.8. The van der Waals surface area contributed by atoms with Crippen LogP contribution in [0.15, 0.2) is 23.2 Å². The number of thiophene rings is 1. The van der Waals surface area contributed by atoms with E-state index in [9.17, 15) is 32.9 Å². The average molecular weight is 595 g/mol. The van der Waals surface area contributed by atoms with E-state index in [1.807, 2.05) is 0 Å². The first kappa shape index (κ1) is 28.6. The Balaban J connectivity index is 1.49. The van der Waals surface area contributed by atoms with E-state index in [1.165, 1.54) is 34.1 Å². The van der Waals surface area contributed by atoms with Crippen LogP contribution in [0.2, 0.25) is 0 Å². The number of aromatic nitrogens is 1. The zero-order valence-corrected chi connectivity index (χ0v) is 23.7. The Labute approximate surface area is 231 Å². The van der Waals surface area contributed by atoms with Gasteiger partial charge < -0.3 is 14.6 Å². The Kier molecular flexibility index (Phi) is 8.61. The number of carbonyl (C=O) groups excluding carboxylic acids is 3. The van der Waals surface area contributed by atoms with Crippen LogP contribution < -0.4 is 10.1 Å². The number of ether oxygens (including phenoxy) is 1. The van der Waals surface area contributed by atoms with Crippen molar-refractivity contribution in [2.24, 2.45) is 12.0 Å². The van der Waals surface area contributed by atoms with Crippen molar-refractivity contribution in [3.63, 3.8) is 0 Å². The van der Waals surface area contributed by atoms with Crippen molar-refractivity contribution >= 4 is 71.2 Å². The van der Waals surface area contributed by atoms with Gasteiger partial charge in [-0.15, -0.1) is 11.3 Å². The highest BCUT2D eigenvalue weighted by atomic mass is 32.2. The fraction of sp³-hybridized carbons (Fsp3) is 0.417. The zero-order chi connectivity index (χ0) is 28.3. The Hall–Kier alpha value is -3.43. The van der Waals surface area contributed by atoms with Crippen molar-refractivity contribution in [1.29, 1.82) is 0 Å². The number of nitrogens with one attached hydrogen (secondary N) is 1. The Morgan fingerprint density at radius 3 is 2.62 bits per heavy atom. The number of hydrogen-bond donors (Lipinski definition) is 1. The maximum absolute atomic E-state index is 12.7. The number of anilines is 1. The van der Waals surface area contributed by atoms with E-state index in [0.717, 1.165) is 47.5 Å². The van der Waals surface area contributed by atoms with Crippen LogP contribution in [0.4, 0.5) is 10.7 Å². The number of fused-ring (bicyclic) bond motifs is 2. The summed E-state index contributed by atoms with van der Waals surface area (Å²) in [5.41, 5.74) is 1.58. The van der Waals surface area contributed by atoms with Gasteiger partial charge in [0.15, 0.2) is 14.6 Å². The van der Waals surface area contributed by atoms with E-state index < -0.39 is 44.0 Å². The minimum Gasteiger partial charge on any atom is -0.462 e. The lowest BCUT2D eigenvalue weighted by atomic mass is 10.1. The van der Waals surface area contributed by atoms with E-state index in [0.29, 0.717) is 16.6 Å². The van der Waals surface area contributed by atoms with Gasteiger partial charge in [0.1, 0.15) is 16.5 Å². The number of esters is 1. The maximum Gasteiger partial charge on any atom is 0.341 e. The number of rotatable bonds is 8. The van der Waals surface area contributed by atoms with E-state index in [1.54, 1.807) is 14.0 Å². The number of sulfone groups is 1. The Bertz CT molecular complexity index is 1650. The number of nitro benzene ring substituents is 1. The van der Waals surface area contributed by atoms with Gasteiger partial charge in [0.05, 0.1) is 27.3 Å². The molecule has 15 heteroatoms. The average Bonchev–Trinajstić information content (AvgIpc) is 3.23. The van der Waals surface area contributed by atoms with Gasteiger partial charge in [0.2, 0.25) is 5.91 Å². The highest BCUT2D eigenvalue weighted by Crippen LogP contribution is 2.38. The Morgan fingerprint density at radius 1 is 1.15 bits per heavy atom. The topological polar surface area (TPSA) is 167 Å². The van der Waals surface area contributed by atoms with E-state index in [2.05, 4.69) is 10.3 Å². The fourth-order valence-electron chi connectivity index (χ4n) is 4.33. The fourth-order valence-corrected chi connectivity index (χ4v) is 7.71. The van der Waals surface area contributed by atoms with Crippen molar-refractivity contribution in [3.8, 4) is 0 Å². The predicted octanol–water partition coefficient (Wildman–Crippen LogP) is 3.14. The number of carbonyl (C=O) groups is 3. The number of nitro groups is 1. The first-order valence-electron chi connectivity index (χ1n) is 12.1. The van der Waals surface area contributed by atoms with Crippen LogP contribution >= 0.6 is 22.7 Å². The van der Waals surface area contributed by atoms with Crippen LogP contribution in [-0.4, -0.2) is 53.8 Å². The van der Waals surface area contributed by atoms with Crippen molar-refractivity contribution in [2.75, 3.05) is 23.4 Å². The maximum atomic E-state index is 12.7. The predicted molar refractivity (Wildman–Crippen MR) is 147 cm³/mol. The van der Waals surface area contributed by atoms with Gasteiger partial charge in [-0.25, -0.2) is 13.2 Å². The van der Waals surface area contributed by atoms with Crippen LogP contribution in [0.3, 0.4) is 0 Å². The number of thiazole rings is 1. The van der Waals surface area contributed by atoms with Crippen LogP contribution in [0.5, 0.6) is 0 Å². The van der Waals surface area contributed by atoms with Gasteiger partial charge in [-0.05, 0) is 44.2 Å². The summed E-state index contributed by atoms with van der Waals surface area (Å²) < 4.78 is 32.5. The molecule has 1 aliphatic rings. The molecule has 0 bridgehead atoms. The summed E-state index contributed by atoms with van der Waals surface area (Å²) in [6.45, 7) is 1.84. The Morgan fingerprint density at radius 2 is 1.90 bits per heavy atom. The van der Waals surface area contributed by atoms with Crippen LogP contribution in [-0.2, 0) is 44.1 Å². The molecule has 2 amide bonds. The third-order valence-corrected chi connectivity index (χ3v) is 9.76. The van der Waals surface area contributed by atoms with Gasteiger partial charge in [0, 0.05) is 24.1 Å². The summed E-state index contributed by atoms with van der Waals surface area (Å²) in [7, 11) is -2.59. The summed E-state index contributed by atoms with van der Waals surface area (Å²) in [6.07, 6.45) is 4.32. The molecule has 0 atom stereocenters. The summed E-state index contributed by atoms with van der Waals surface area (Å²) in [5.74, 6) is -4.38. The number of nitrogens with zero attached hydrogens (tertiary/aromatic N) is 3. The number of benzene rings is 1. The molecule has 0 aliphatic heterocycles. The molecule has 1 N–H and O–H groups in total. The molecule has 1 aromatic carbocycles. The highest BCUT2D eigenvalue weighted by molar-refractivity contribution is 7.92. The van der Waals surface area contributed by atoms with Gasteiger partial charge in [-0.1, -0.05) is 17.8 Å². The molecule has 0 radical (unpaired) electrons. The number of amides is 2. The molecular weight excluding hydrogens is 568 g/mol. The van der Waals surface area contributed by atoms with E-state index >= 15 is 0 Å². The molecule has 2 heterocycles. The second-order valence-electron chi connectivity index (χ2n) is 8.93. The SMILES string of the molecule is CCOC(=O)c1c(NC(=O)CS(=O)(=O)CC(=O)N=c2sc3cc([N+](=O)[O-])ccc3n2C)sc2c1CCCCC2. The summed E-state index contributed by atoms with van der Waals surface area (Å²) in [5, 5.41) is 13.8. The molecule has 0 fully saturated rings. The summed E-state index contributed by atoms with van der Waals surface area (Å²) in [6, 6.07) is 4.19. The van der Waals surface area contributed by atoms with E-state index in [-0.39, 0.29) is 27.7 Å². The molecule has 208 valence electrons. The number of non-ortho nitro benzene ring substituents is 1. The third kappa shape index (κ3) is 6.59. The molecule has 1 aliphatic carbocycles. The molecule has 0 spiro atoms. The van der Waals surface area contributed by atoms with Crippen molar-refractivity contribution in [1.82, 2.24) is 4.57 Å². The monoisotopic (exact) mass is 594 g/mol. The second-order valence-corrected chi connectivity index (χ2v) is 13.1. The lowest BCUT2D eigenvalue weighted by Gasteiger charge is -2.08. The normalized spacial score (nSPS) is 14.1. The minimum absolute atomic E-state index is 0.121. The first-order valence-corrected chi connectivity index (χ1v) is 15.6.